The largest absolute Gasteiger partial charge is 0.334 e. The van der Waals surface area contributed by atoms with Crippen LogP contribution in [0.25, 0.3) is 10.4 Å². The first kappa shape index (κ1) is 14.5. The molecule has 2 aromatic rings. The predicted molar refractivity (Wildman–Crippen MR) is 82.7 cm³/mol. The quantitative estimate of drug-likeness (QED) is 0.909. The molecule has 0 bridgehead atoms. The van der Waals surface area contributed by atoms with Gasteiger partial charge in [-0.3, -0.25) is 4.98 Å². The van der Waals surface area contributed by atoms with Crippen LogP contribution in [0, 0.1) is 0 Å². The molecule has 0 aromatic carbocycles. The molecule has 0 aliphatic rings. The van der Waals surface area contributed by atoms with Gasteiger partial charge >= 0.3 is 6.03 Å². The first-order valence-electron chi connectivity index (χ1n) is 6.48. The fourth-order valence-electron chi connectivity index (χ4n) is 1.73. The fourth-order valence-corrected chi connectivity index (χ4v) is 2.44. The van der Waals surface area contributed by atoms with Gasteiger partial charge in [0, 0.05) is 34.9 Å². The molecule has 2 heterocycles. The number of nitrogens with zero attached hydrogens (tertiary/aromatic N) is 1. The number of hydrogen-bond donors (Lipinski definition) is 2. The molecular formula is C15H19N3OS. The lowest BCUT2D eigenvalue weighted by Crippen LogP contribution is -2.46. The van der Waals surface area contributed by atoms with Crippen LogP contribution >= 0.6 is 11.3 Å². The molecule has 0 fully saturated rings. The Morgan fingerprint density at radius 3 is 2.80 bits per heavy atom. The third kappa shape index (κ3) is 4.35. The van der Waals surface area contributed by atoms with Crippen molar-refractivity contribution < 1.29 is 4.79 Å². The maximum Gasteiger partial charge on any atom is 0.315 e. The summed E-state index contributed by atoms with van der Waals surface area (Å²) in [6.07, 6.45) is 3.61. The molecule has 0 saturated heterocycles. The van der Waals surface area contributed by atoms with E-state index in [-0.39, 0.29) is 11.6 Å². The molecule has 4 nitrogen and oxygen atoms in total. The van der Waals surface area contributed by atoms with Gasteiger partial charge in [0.25, 0.3) is 0 Å². The van der Waals surface area contributed by atoms with Gasteiger partial charge in [-0.2, -0.15) is 0 Å². The minimum Gasteiger partial charge on any atom is -0.334 e. The number of pyridine rings is 1. The van der Waals surface area contributed by atoms with E-state index in [1.807, 2.05) is 38.4 Å². The van der Waals surface area contributed by atoms with Gasteiger partial charge in [-0.05, 0) is 43.8 Å². The summed E-state index contributed by atoms with van der Waals surface area (Å²) in [5.41, 5.74) is 1.83. The number of urea groups is 1. The van der Waals surface area contributed by atoms with E-state index in [1.165, 1.54) is 4.88 Å². The van der Waals surface area contributed by atoms with Crippen LogP contribution in [0.5, 0.6) is 0 Å². The second-order valence-corrected chi connectivity index (χ2v) is 6.56. The molecule has 0 saturated carbocycles. The van der Waals surface area contributed by atoms with Gasteiger partial charge < -0.3 is 10.6 Å². The Hall–Kier alpha value is -1.88. The SMILES string of the molecule is CC(C)(C)NC(=O)NCc1cncc(-c2cccs2)c1. The van der Waals surface area contributed by atoms with Crippen molar-refractivity contribution >= 4 is 17.4 Å². The third-order valence-electron chi connectivity index (χ3n) is 2.54. The number of carbonyl (C=O) groups excluding carboxylic acids is 1. The van der Waals surface area contributed by atoms with Crippen molar-refractivity contribution in [2.24, 2.45) is 0 Å². The van der Waals surface area contributed by atoms with Gasteiger partial charge in [-0.1, -0.05) is 6.07 Å². The third-order valence-corrected chi connectivity index (χ3v) is 3.46. The maximum absolute atomic E-state index is 11.7. The maximum atomic E-state index is 11.7. The minimum absolute atomic E-state index is 0.168. The zero-order chi connectivity index (χ0) is 14.6. The van der Waals surface area contributed by atoms with E-state index in [0.717, 1.165) is 11.1 Å². The summed E-state index contributed by atoms with van der Waals surface area (Å²) in [5.74, 6) is 0. The molecule has 5 heteroatoms. The number of nitrogens with one attached hydrogen (secondary N) is 2. The van der Waals surface area contributed by atoms with Crippen molar-refractivity contribution in [3.05, 3.63) is 41.5 Å². The normalized spacial score (nSPS) is 11.2. The molecule has 0 unspecified atom stereocenters. The summed E-state index contributed by atoms with van der Waals surface area (Å²) in [6, 6.07) is 5.96. The predicted octanol–water partition coefficient (Wildman–Crippen LogP) is 3.41. The molecular weight excluding hydrogens is 270 g/mol. The van der Waals surface area contributed by atoms with Crippen LogP contribution in [0.15, 0.2) is 36.0 Å². The molecule has 0 aliphatic heterocycles. The fraction of sp³-hybridized carbons (Fsp3) is 0.333. The van der Waals surface area contributed by atoms with Crippen LogP contribution in [-0.2, 0) is 6.54 Å². The average molecular weight is 289 g/mol. The first-order chi connectivity index (χ1) is 9.44. The number of carbonyl (C=O) groups is 1. The van der Waals surface area contributed by atoms with E-state index in [2.05, 4.69) is 27.8 Å². The molecule has 0 aliphatic carbocycles. The van der Waals surface area contributed by atoms with Gasteiger partial charge in [0.1, 0.15) is 0 Å². The summed E-state index contributed by atoms with van der Waals surface area (Å²) < 4.78 is 0. The number of rotatable bonds is 3. The zero-order valence-electron chi connectivity index (χ0n) is 11.9. The van der Waals surface area contributed by atoms with Crippen LogP contribution in [0.4, 0.5) is 4.79 Å². The highest BCUT2D eigenvalue weighted by molar-refractivity contribution is 7.13. The summed E-state index contributed by atoms with van der Waals surface area (Å²) >= 11 is 1.68. The van der Waals surface area contributed by atoms with E-state index in [1.54, 1.807) is 17.5 Å². The van der Waals surface area contributed by atoms with Gasteiger partial charge in [0.2, 0.25) is 0 Å². The van der Waals surface area contributed by atoms with E-state index in [0.29, 0.717) is 6.54 Å². The Labute approximate surface area is 123 Å². The van der Waals surface area contributed by atoms with Crippen molar-refractivity contribution in [3.8, 4) is 10.4 Å². The monoisotopic (exact) mass is 289 g/mol. The highest BCUT2D eigenvalue weighted by Gasteiger charge is 2.13. The van der Waals surface area contributed by atoms with E-state index in [4.69, 9.17) is 0 Å². The Morgan fingerprint density at radius 1 is 1.35 bits per heavy atom. The summed E-state index contributed by atoms with van der Waals surface area (Å²) in [4.78, 5) is 17.1. The van der Waals surface area contributed by atoms with E-state index < -0.39 is 0 Å². The van der Waals surface area contributed by atoms with Crippen molar-refractivity contribution in [1.29, 1.82) is 0 Å². The molecule has 0 atom stereocenters. The van der Waals surface area contributed by atoms with Gasteiger partial charge in [0.15, 0.2) is 0 Å². The summed E-state index contributed by atoms with van der Waals surface area (Å²) in [5, 5.41) is 7.74. The molecule has 2 rings (SSSR count). The number of aromatic nitrogens is 1. The standard InChI is InChI=1S/C15H19N3OS/c1-15(2,3)18-14(19)17-9-11-7-12(10-16-8-11)13-5-4-6-20-13/h4-8,10H,9H2,1-3H3,(H2,17,18,19). The van der Waals surface area contributed by atoms with Crippen molar-refractivity contribution in [2.75, 3.05) is 0 Å². The lowest BCUT2D eigenvalue weighted by Gasteiger charge is -2.20. The lowest BCUT2D eigenvalue weighted by atomic mass is 10.1. The summed E-state index contributed by atoms with van der Waals surface area (Å²) in [6.45, 7) is 6.32. The number of amides is 2. The molecule has 0 spiro atoms. The van der Waals surface area contributed by atoms with Gasteiger partial charge in [-0.15, -0.1) is 11.3 Å². The van der Waals surface area contributed by atoms with E-state index in [9.17, 15) is 4.79 Å². The van der Waals surface area contributed by atoms with Crippen LogP contribution in [0.2, 0.25) is 0 Å². The van der Waals surface area contributed by atoms with Crippen LogP contribution in [0.3, 0.4) is 0 Å². The Balaban J connectivity index is 1.97. The topological polar surface area (TPSA) is 54.0 Å². The summed E-state index contributed by atoms with van der Waals surface area (Å²) in [7, 11) is 0. The van der Waals surface area contributed by atoms with E-state index >= 15 is 0 Å². The van der Waals surface area contributed by atoms with Crippen LogP contribution in [-0.4, -0.2) is 16.6 Å². The minimum atomic E-state index is -0.235. The lowest BCUT2D eigenvalue weighted by molar-refractivity contribution is 0.231. The second kappa shape index (κ2) is 6.05. The first-order valence-corrected chi connectivity index (χ1v) is 7.36. The Bertz CT molecular complexity index is 573. The highest BCUT2D eigenvalue weighted by atomic mass is 32.1. The zero-order valence-corrected chi connectivity index (χ0v) is 12.8. The molecule has 20 heavy (non-hydrogen) atoms. The number of thiophene rings is 1. The van der Waals surface area contributed by atoms with Crippen LogP contribution < -0.4 is 10.6 Å². The van der Waals surface area contributed by atoms with Gasteiger partial charge in [0.05, 0.1) is 0 Å². The molecule has 2 amide bonds. The van der Waals surface area contributed by atoms with Gasteiger partial charge in [-0.25, -0.2) is 4.79 Å². The van der Waals surface area contributed by atoms with Crippen molar-refractivity contribution in [3.63, 3.8) is 0 Å². The highest BCUT2D eigenvalue weighted by Crippen LogP contribution is 2.24. The molecule has 0 radical (unpaired) electrons. The van der Waals surface area contributed by atoms with Crippen molar-refractivity contribution in [1.82, 2.24) is 15.6 Å². The average Bonchev–Trinajstić information content (AvgIpc) is 2.88. The number of hydrogen-bond acceptors (Lipinski definition) is 3. The Morgan fingerprint density at radius 2 is 2.15 bits per heavy atom. The molecule has 2 N–H and O–H groups in total. The smallest absolute Gasteiger partial charge is 0.315 e. The van der Waals surface area contributed by atoms with Crippen LogP contribution in [0.1, 0.15) is 26.3 Å². The Kier molecular flexibility index (Phi) is 4.39. The van der Waals surface area contributed by atoms with Crippen molar-refractivity contribution in [2.45, 2.75) is 32.9 Å². The molecule has 2 aromatic heterocycles. The second-order valence-electron chi connectivity index (χ2n) is 5.62. The molecule has 106 valence electrons.